The molecule has 1 aliphatic rings. The fourth-order valence-electron chi connectivity index (χ4n) is 2.86. The van der Waals surface area contributed by atoms with Crippen LogP contribution in [-0.2, 0) is 11.3 Å². The number of ketones is 1. The van der Waals surface area contributed by atoms with E-state index in [2.05, 4.69) is 16.2 Å². The molecule has 0 saturated carbocycles. The maximum atomic E-state index is 12.5. The van der Waals surface area contributed by atoms with E-state index in [-0.39, 0.29) is 30.3 Å². The van der Waals surface area contributed by atoms with Crippen LogP contribution in [0.2, 0.25) is 5.02 Å². The number of hydrogen-bond donors (Lipinski definition) is 2. The maximum Gasteiger partial charge on any atom is 0.261 e. The molecule has 2 aromatic rings. The van der Waals surface area contributed by atoms with Gasteiger partial charge in [-0.1, -0.05) is 17.5 Å². The summed E-state index contributed by atoms with van der Waals surface area (Å²) in [7, 11) is 0. The molecule has 24 heavy (non-hydrogen) atoms. The van der Waals surface area contributed by atoms with Crippen LogP contribution in [0.25, 0.3) is 10.9 Å². The lowest BCUT2D eigenvalue weighted by Crippen LogP contribution is -2.34. The highest BCUT2D eigenvalue weighted by molar-refractivity contribution is 6.32. The first-order valence-corrected chi connectivity index (χ1v) is 7.96. The Morgan fingerprint density at radius 3 is 3.00 bits per heavy atom. The number of fused-ring (bicyclic) bond motifs is 1. The number of aromatic nitrogens is 2. The van der Waals surface area contributed by atoms with E-state index in [1.807, 2.05) is 0 Å². The molecule has 7 heteroatoms. The van der Waals surface area contributed by atoms with E-state index in [9.17, 15) is 14.7 Å². The molecule has 1 aliphatic heterocycles. The molecule has 1 aromatic carbocycles. The first kappa shape index (κ1) is 16.7. The van der Waals surface area contributed by atoms with Gasteiger partial charge in [-0.3, -0.25) is 14.2 Å². The Labute approximate surface area is 143 Å². The van der Waals surface area contributed by atoms with E-state index in [0.29, 0.717) is 34.5 Å². The van der Waals surface area contributed by atoms with Crippen LogP contribution in [-0.4, -0.2) is 39.1 Å². The number of aliphatic hydroxyl groups excluding tert-OH is 1. The Morgan fingerprint density at radius 1 is 1.54 bits per heavy atom. The zero-order chi connectivity index (χ0) is 17.3. The third kappa shape index (κ3) is 3.20. The van der Waals surface area contributed by atoms with Crippen LogP contribution in [0.1, 0.15) is 18.4 Å². The predicted octanol–water partition coefficient (Wildman–Crippen LogP) is 0.713. The molecule has 2 N–H and O–H groups in total. The Hall–Kier alpha value is -2.20. The molecule has 124 valence electrons. The van der Waals surface area contributed by atoms with Crippen molar-refractivity contribution in [3.8, 4) is 12.3 Å². The molecule has 0 spiro atoms. The molecule has 6 nitrogen and oxygen atoms in total. The van der Waals surface area contributed by atoms with Crippen LogP contribution < -0.4 is 10.9 Å². The van der Waals surface area contributed by atoms with Gasteiger partial charge in [0, 0.05) is 18.0 Å². The number of nitrogens with one attached hydrogen (secondary N) is 1. The van der Waals surface area contributed by atoms with E-state index in [1.54, 1.807) is 6.07 Å². The Balaban J connectivity index is 1.85. The molecular formula is C17H16ClN3O3. The number of aliphatic hydroxyl groups is 1. The quantitative estimate of drug-likeness (QED) is 0.797. The average Bonchev–Trinajstić information content (AvgIpc) is 2.95. The largest absolute Gasteiger partial charge is 0.391 e. The van der Waals surface area contributed by atoms with Gasteiger partial charge in [0.15, 0.2) is 5.78 Å². The van der Waals surface area contributed by atoms with Crippen molar-refractivity contribution in [3.63, 3.8) is 0 Å². The smallest absolute Gasteiger partial charge is 0.261 e. The Kier molecular flexibility index (Phi) is 4.67. The van der Waals surface area contributed by atoms with Crippen molar-refractivity contribution in [3.05, 3.63) is 39.4 Å². The van der Waals surface area contributed by atoms with Crippen LogP contribution >= 0.6 is 11.6 Å². The molecule has 0 aliphatic carbocycles. The summed E-state index contributed by atoms with van der Waals surface area (Å²) in [5.41, 5.74) is 0.555. The molecule has 1 aromatic heterocycles. The van der Waals surface area contributed by atoms with Crippen molar-refractivity contribution in [1.29, 1.82) is 0 Å². The summed E-state index contributed by atoms with van der Waals surface area (Å²) >= 11 is 6.04. The molecule has 0 bridgehead atoms. The van der Waals surface area contributed by atoms with Crippen molar-refractivity contribution >= 4 is 28.3 Å². The topological polar surface area (TPSA) is 84.2 Å². The number of terminal acetylenes is 1. The fourth-order valence-corrected chi connectivity index (χ4v) is 3.08. The lowest BCUT2D eigenvalue weighted by molar-refractivity contribution is -0.120. The summed E-state index contributed by atoms with van der Waals surface area (Å²) in [6, 6.07) is 2.79. The minimum atomic E-state index is -0.526. The van der Waals surface area contributed by atoms with Crippen molar-refractivity contribution < 1.29 is 9.90 Å². The van der Waals surface area contributed by atoms with Gasteiger partial charge in [0.25, 0.3) is 5.56 Å². The number of carbonyl (C=O) groups excluding carboxylic acids is 1. The van der Waals surface area contributed by atoms with Gasteiger partial charge >= 0.3 is 0 Å². The third-order valence-corrected chi connectivity index (χ3v) is 4.49. The number of rotatable bonds is 4. The molecule has 1 fully saturated rings. The van der Waals surface area contributed by atoms with Crippen LogP contribution in [0, 0.1) is 12.3 Å². The highest BCUT2D eigenvalue weighted by Gasteiger charge is 2.26. The highest BCUT2D eigenvalue weighted by Crippen LogP contribution is 2.20. The predicted molar refractivity (Wildman–Crippen MR) is 91.0 cm³/mol. The van der Waals surface area contributed by atoms with Crippen LogP contribution in [0.3, 0.4) is 0 Å². The van der Waals surface area contributed by atoms with Gasteiger partial charge in [-0.2, -0.15) is 0 Å². The monoisotopic (exact) mass is 345 g/mol. The van der Waals surface area contributed by atoms with E-state index < -0.39 is 6.10 Å². The normalized spacial score (nSPS) is 20.2. The van der Waals surface area contributed by atoms with Gasteiger partial charge < -0.3 is 10.4 Å². The fraction of sp³-hybridized carbons (Fsp3) is 0.353. The first-order valence-electron chi connectivity index (χ1n) is 7.58. The van der Waals surface area contributed by atoms with E-state index in [0.717, 1.165) is 0 Å². The van der Waals surface area contributed by atoms with Gasteiger partial charge in [-0.15, -0.1) is 6.42 Å². The van der Waals surface area contributed by atoms with Crippen LogP contribution in [0.15, 0.2) is 23.3 Å². The van der Waals surface area contributed by atoms with Crippen molar-refractivity contribution in [2.75, 3.05) is 6.54 Å². The molecular weight excluding hydrogens is 330 g/mol. The van der Waals surface area contributed by atoms with Crippen LogP contribution in [0.4, 0.5) is 0 Å². The van der Waals surface area contributed by atoms with E-state index in [1.165, 1.54) is 17.0 Å². The summed E-state index contributed by atoms with van der Waals surface area (Å²) in [5.74, 6) is 2.28. The number of hydrogen-bond acceptors (Lipinski definition) is 5. The molecule has 0 unspecified atom stereocenters. The van der Waals surface area contributed by atoms with Gasteiger partial charge in [-0.05, 0) is 25.1 Å². The average molecular weight is 346 g/mol. The minimum absolute atomic E-state index is 0.0960. The Bertz CT molecular complexity index is 900. The molecule has 1 saturated heterocycles. The van der Waals surface area contributed by atoms with Gasteiger partial charge in [0.2, 0.25) is 0 Å². The zero-order valence-electron chi connectivity index (χ0n) is 12.8. The van der Waals surface area contributed by atoms with Gasteiger partial charge in [0.1, 0.15) is 0 Å². The molecule has 2 heterocycles. The lowest BCUT2D eigenvalue weighted by Gasteiger charge is -2.14. The standard InChI is InChI=1S/C17H16ClN3O3/c1-2-10-5-14-12(7-13(10)18)17(24)21(9-20-14)8-11(22)6-15-16(23)3-4-19-15/h1,5,7,9,15-16,19,23H,3-4,6,8H2/t15-,16+/m1/s1. The number of halogens is 1. The lowest BCUT2D eigenvalue weighted by atomic mass is 10.1. The van der Waals surface area contributed by atoms with Gasteiger partial charge in [-0.25, -0.2) is 4.98 Å². The van der Waals surface area contributed by atoms with E-state index in [4.69, 9.17) is 18.0 Å². The maximum absolute atomic E-state index is 12.5. The first-order chi connectivity index (χ1) is 11.5. The SMILES string of the molecule is C#Cc1cc2ncn(CC(=O)C[C@H]3NCC[C@@H]3O)c(=O)c2cc1Cl. The van der Waals surface area contributed by atoms with Crippen molar-refractivity contribution in [2.45, 2.75) is 31.5 Å². The van der Waals surface area contributed by atoms with Crippen LogP contribution in [0.5, 0.6) is 0 Å². The summed E-state index contributed by atoms with van der Waals surface area (Å²) in [4.78, 5) is 28.9. The molecule has 0 amide bonds. The number of carbonyl (C=O) groups is 1. The second-order valence-corrected chi connectivity index (χ2v) is 6.24. The second kappa shape index (κ2) is 6.73. The summed E-state index contributed by atoms with van der Waals surface area (Å²) in [6.45, 7) is 0.591. The van der Waals surface area contributed by atoms with E-state index >= 15 is 0 Å². The molecule has 3 rings (SSSR count). The summed E-state index contributed by atoms with van der Waals surface area (Å²) < 4.78 is 1.25. The molecule has 0 radical (unpaired) electrons. The molecule has 2 atom stereocenters. The number of Topliss-reactive ketones (excluding diaryl/α,β-unsaturated/α-hetero) is 1. The van der Waals surface area contributed by atoms with Crippen molar-refractivity contribution in [1.82, 2.24) is 14.9 Å². The number of benzene rings is 1. The minimum Gasteiger partial charge on any atom is -0.391 e. The zero-order valence-corrected chi connectivity index (χ0v) is 13.6. The second-order valence-electron chi connectivity index (χ2n) is 5.83. The van der Waals surface area contributed by atoms with Gasteiger partial charge in [0.05, 0.1) is 34.9 Å². The summed E-state index contributed by atoms with van der Waals surface area (Å²) in [6.07, 6.45) is 6.95. The Morgan fingerprint density at radius 2 is 2.33 bits per heavy atom. The number of nitrogens with zero attached hydrogens (tertiary/aromatic N) is 2. The van der Waals surface area contributed by atoms with Crippen molar-refractivity contribution in [2.24, 2.45) is 0 Å². The third-order valence-electron chi connectivity index (χ3n) is 4.17. The summed E-state index contributed by atoms with van der Waals surface area (Å²) in [5, 5.41) is 13.4. The highest BCUT2D eigenvalue weighted by atomic mass is 35.5.